The molecule has 0 amide bonds. The van der Waals surface area contributed by atoms with Gasteiger partial charge >= 0.3 is 0 Å². The standard InChI is InChI=1S/C10H11Cl2NO/c1-14-10-7(6-4-9(6)13)2-5(11)3-8(10)12/h2-3,6,9H,4,13H2,1H3. The fourth-order valence-electron chi connectivity index (χ4n) is 1.64. The van der Waals surface area contributed by atoms with Crippen molar-refractivity contribution in [2.24, 2.45) is 5.73 Å². The van der Waals surface area contributed by atoms with Crippen molar-refractivity contribution >= 4 is 23.2 Å². The number of hydrogen-bond donors (Lipinski definition) is 1. The Morgan fingerprint density at radius 2 is 2.07 bits per heavy atom. The maximum absolute atomic E-state index is 6.00. The summed E-state index contributed by atoms with van der Waals surface area (Å²) in [5.74, 6) is 1.05. The first-order valence-electron chi connectivity index (χ1n) is 4.42. The maximum Gasteiger partial charge on any atom is 0.141 e. The Hall–Kier alpha value is -0.440. The molecule has 4 heteroatoms. The second-order valence-corrected chi connectivity index (χ2v) is 4.36. The molecule has 0 spiro atoms. The minimum absolute atomic E-state index is 0.221. The fraction of sp³-hybridized carbons (Fsp3) is 0.400. The molecule has 2 unspecified atom stereocenters. The van der Waals surface area contributed by atoms with Crippen molar-refractivity contribution in [1.29, 1.82) is 0 Å². The predicted octanol–water partition coefficient (Wildman–Crippen LogP) is 2.82. The molecule has 2 N–H and O–H groups in total. The molecule has 2 atom stereocenters. The van der Waals surface area contributed by atoms with E-state index in [9.17, 15) is 0 Å². The van der Waals surface area contributed by atoms with Gasteiger partial charge in [-0.3, -0.25) is 0 Å². The number of hydrogen-bond acceptors (Lipinski definition) is 2. The first-order chi connectivity index (χ1) is 6.63. The fourth-order valence-corrected chi connectivity index (χ4v) is 2.23. The first kappa shape index (κ1) is 10.1. The Morgan fingerprint density at radius 1 is 1.43 bits per heavy atom. The molecule has 1 aliphatic carbocycles. The van der Waals surface area contributed by atoms with Gasteiger partial charge in [-0.25, -0.2) is 0 Å². The van der Waals surface area contributed by atoms with Gasteiger partial charge in [0.2, 0.25) is 0 Å². The number of ether oxygens (including phenoxy) is 1. The van der Waals surface area contributed by atoms with Gasteiger partial charge in [-0.05, 0) is 18.6 Å². The highest BCUT2D eigenvalue weighted by Gasteiger charge is 2.37. The SMILES string of the molecule is COc1c(Cl)cc(Cl)cc1C1CC1N. The predicted molar refractivity (Wildman–Crippen MR) is 58.3 cm³/mol. The Labute approximate surface area is 92.9 Å². The van der Waals surface area contributed by atoms with Gasteiger partial charge in [-0.2, -0.15) is 0 Å². The first-order valence-corrected chi connectivity index (χ1v) is 5.17. The van der Waals surface area contributed by atoms with Crippen LogP contribution in [0.2, 0.25) is 10.0 Å². The molecule has 2 nitrogen and oxygen atoms in total. The minimum atomic E-state index is 0.221. The van der Waals surface area contributed by atoms with Crippen LogP contribution < -0.4 is 10.5 Å². The molecule has 76 valence electrons. The van der Waals surface area contributed by atoms with Gasteiger partial charge in [-0.15, -0.1) is 0 Å². The zero-order valence-electron chi connectivity index (χ0n) is 7.76. The molecular formula is C10H11Cl2NO. The maximum atomic E-state index is 6.00. The zero-order valence-corrected chi connectivity index (χ0v) is 9.27. The van der Waals surface area contributed by atoms with Crippen LogP contribution in [0, 0.1) is 0 Å². The van der Waals surface area contributed by atoms with E-state index in [0.29, 0.717) is 21.7 Å². The van der Waals surface area contributed by atoms with Crippen LogP contribution in [0.1, 0.15) is 17.9 Å². The van der Waals surface area contributed by atoms with Crippen LogP contribution in [0.5, 0.6) is 5.75 Å². The molecule has 0 bridgehead atoms. The van der Waals surface area contributed by atoms with Crippen molar-refractivity contribution in [2.75, 3.05) is 7.11 Å². The van der Waals surface area contributed by atoms with Crippen molar-refractivity contribution in [2.45, 2.75) is 18.4 Å². The molecular weight excluding hydrogens is 221 g/mol. The van der Waals surface area contributed by atoms with Gasteiger partial charge in [-0.1, -0.05) is 23.2 Å². The van der Waals surface area contributed by atoms with Crippen LogP contribution >= 0.6 is 23.2 Å². The number of halogens is 2. The number of methoxy groups -OCH3 is 1. The summed E-state index contributed by atoms with van der Waals surface area (Å²) in [6.45, 7) is 0. The molecule has 14 heavy (non-hydrogen) atoms. The smallest absolute Gasteiger partial charge is 0.141 e. The number of rotatable bonds is 2. The summed E-state index contributed by atoms with van der Waals surface area (Å²) < 4.78 is 5.23. The lowest BCUT2D eigenvalue weighted by atomic mass is 10.1. The second kappa shape index (κ2) is 3.61. The Kier molecular flexibility index (Phi) is 2.60. The third-order valence-corrected chi connectivity index (χ3v) is 2.98. The summed E-state index contributed by atoms with van der Waals surface area (Å²) in [7, 11) is 1.60. The van der Waals surface area contributed by atoms with E-state index in [2.05, 4.69) is 0 Å². The van der Waals surface area contributed by atoms with Gasteiger partial charge in [0.05, 0.1) is 12.1 Å². The summed E-state index contributed by atoms with van der Waals surface area (Å²) in [6.07, 6.45) is 0.979. The number of benzene rings is 1. The Bertz CT molecular complexity index is 367. The van der Waals surface area contributed by atoms with Crippen molar-refractivity contribution in [3.63, 3.8) is 0 Å². The van der Waals surface area contributed by atoms with E-state index in [4.69, 9.17) is 33.7 Å². The summed E-state index contributed by atoms with van der Waals surface area (Å²) in [4.78, 5) is 0. The van der Waals surface area contributed by atoms with E-state index in [1.54, 1.807) is 13.2 Å². The summed E-state index contributed by atoms with van der Waals surface area (Å²) >= 11 is 11.9. The molecule has 0 aliphatic heterocycles. The van der Waals surface area contributed by atoms with Crippen LogP contribution in [-0.2, 0) is 0 Å². The highest BCUT2D eigenvalue weighted by molar-refractivity contribution is 6.35. The van der Waals surface area contributed by atoms with E-state index in [1.165, 1.54) is 0 Å². The average molecular weight is 232 g/mol. The lowest BCUT2D eigenvalue weighted by molar-refractivity contribution is 0.410. The van der Waals surface area contributed by atoms with Crippen LogP contribution in [0.25, 0.3) is 0 Å². The van der Waals surface area contributed by atoms with E-state index < -0.39 is 0 Å². The monoisotopic (exact) mass is 231 g/mol. The Balaban J connectivity index is 2.45. The van der Waals surface area contributed by atoms with Crippen molar-refractivity contribution in [3.05, 3.63) is 27.7 Å². The van der Waals surface area contributed by atoms with Gasteiger partial charge < -0.3 is 10.5 Å². The summed E-state index contributed by atoms with van der Waals surface area (Å²) in [5, 5.41) is 1.18. The van der Waals surface area contributed by atoms with Crippen LogP contribution in [0.15, 0.2) is 12.1 Å². The van der Waals surface area contributed by atoms with Gasteiger partial charge in [0.1, 0.15) is 5.75 Å². The largest absolute Gasteiger partial charge is 0.495 e. The summed E-state index contributed by atoms with van der Waals surface area (Å²) in [5.41, 5.74) is 6.81. The van der Waals surface area contributed by atoms with Gasteiger partial charge in [0.25, 0.3) is 0 Å². The third-order valence-electron chi connectivity index (χ3n) is 2.48. The highest BCUT2D eigenvalue weighted by atomic mass is 35.5. The molecule has 1 saturated carbocycles. The van der Waals surface area contributed by atoms with Crippen LogP contribution in [0.3, 0.4) is 0 Å². The highest BCUT2D eigenvalue weighted by Crippen LogP contribution is 2.46. The van der Waals surface area contributed by atoms with Crippen molar-refractivity contribution in [1.82, 2.24) is 0 Å². The van der Waals surface area contributed by atoms with Gasteiger partial charge in [0.15, 0.2) is 0 Å². The zero-order chi connectivity index (χ0) is 10.3. The summed E-state index contributed by atoms with van der Waals surface area (Å²) in [6, 6.07) is 3.78. The topological polar surface area (TPSA) is 35.2 Å². The van der Waals surface area contributed by atoms with E-state index in [-0.39, 0.29) is 6.04 Å². The van der Waals surface area contributed by atoms with E-state index in [0.717, 1.165) is 12.0 Å². The molecule has 0 heterocycles. The van der Waals surface area contributed by atoms with Crippen molar-refractivity contribution < 1.29 is 4.74 Å². The number of nitrogens with two attached hydrogens (primary N) is 1. The van der Waals surface area contributed by atoms with Crippen molar-refractivity contribution in [3.8, 4) is 5.75 Å². The molecule has 1 aromatic carbocycles. The quantitative estimate of drug-likeness (QED) is 0.850. The Morgan fingerprint density at radius 3 is 2.57 bits per heavy atom. The van der Waals surface area contributed by atoms with Crippen LogP contribution in [-0.4, -0.2) is 13.2 Å². The van der Waals surface area contributed by atoms with Crippen LogP contribution in [0.4, 0.5) is 0 Å². The molecule has 0 aromatic heterocycles. The third kappa shape index (κ3) is 1.70. The lowest BCUT2D eigenvalue weighted by Gasteiger charge is -2.10. The minimum Gasteiger partial charge on any atom is -0.495 e. The second-order valence-electron chi connectivity index (χ2n) is 3.52. The lowest BCUT2D eigenvalue weighted by Crippen LogP contribution is -2.02. The van der Waals surface area contributed by atoms with E-state index >= 15 is 0 Å². The molecule has 0 radical (unpaired) electrons. The van der Waals surface area contributed by atoms with E-state index in [1.807, 2.05) is 6.07 Å². The normalized spacial score (nSPS) is 24.9. The molecule has 1 aromatic rings. The van der Waals surface area contributed by atoms with Gasteiger partial charge in [0, 0.05) is 22.5 Å². The molecule has 2 rings (SSSR count). The molecule has 1 fully saturated rings. The molecule has 1 aliphatic rings. The average Bonchev–Trinajstić information content (AvgIpc) is 2.81. The molecule has 0 saturated heterocycles.